The number of aromatic nitrogens is 1. The molecule has 0 aromatic carbocycles. The molecule has 0 aliphatic heterocycles. The summed E-state index contributed by atoms with van der Waals surface area (Å²) in [4.78, 5) is 0. The van der Waals surface area contributed by atoms with Gasteiger partial charge in [-0.15, -0.1) is 0 Å². The van der Waals surface area contributed by atoms with Crippen LogP contribution in [-0.4, -0.2) is 5.16 Å². The van der Waals surface area contributed by atoms with Gasteiger partial charge in [0.15, 0.2) is 0 Å². The van der Waals surface area contributed by atoms with E-state index in [1.165, 1.54) is 0 Å². The minimum absolute atomic E-state index is 0.0150. The first-order chi connectivity index (χ1) is 5.65. The molecule has 0 fully saturated rings. The van der Waals surface area contributed by atoms with E-state index in [1.54, 1.807) is 0 Å². The largest absolute Gasteiger partial charge is 0.361 e. The maximum atomic E-state index is 5.79. The van der Waals surface area contributed by atoms with Crippen LogP contribution in [0.3, 0.4) is 0 Å². The first kappa shape index (κ1) is 9.26. The van der Waals surface area contributed by atoms with E-state index in [9.17, 15) is 0 Å². The average Bonchev–Trinajstić information content (AvgIpc) is 2.51. The van der Waals surface area contributed by atoms with Crippen LogP contribution < -0.4 is 5.73 Å². The molecule has 1 rings (SSSR count). The van der Waals surface area contributed by atoms with Crippen LogP contribution in [0.5, 0.6) is 0 Å². The number of nitrogens with two attached hydrogens (primary N) is 1. The molecule has 2 N–H and O–H groups in total. The number of nitrogens with zero attached hydrogens (tertiary/aromatic N) is 1. The van der Waals surface area contributed by atoms with E-state index >= 15 is 0 Å². The summed E-state index contributed by atoms with van der Waals surface area (Å²) in [7, 11) is 0. The molecule has 3 heteroatoms. The van der Waals surface area contributed by atoms with Gasteiger partial charge in [-0.1, -0.05) is 25.9 Å². The fourth-order valence-electron chi connectivity index (χ4n) is 0.960. The third kappa shape index (κ3) is 1.85. The van der Waals surface area contributed by atoms with Crippen molar-refractivity contribution in [1.82, 2.24) is 5.16 Å². The van der Waals surface area contributed by atoms with Crippen molar-refractivity contribution in [1.29, 1.82) is 0 Å². The summed E-state index contributed by atoms with van der Waals surface area (Å²) >= 11 is 0. The lowest BCUT2D eigenvalue weighted by atomic mass is 10.1. The van der Waals surface area contributed by atoms with E-state index in [2.05, 4.69) is 19.0 Å². The van der Waals surface area contributed by atoms with Crippen molar-refractivity contribution < 1.29 is 4.52 Å². The highest BCUT2D eigenvalue weighted by atomic mass is 16.5. The first-order valence-electron chi connectivity index (χ1n) is 4.37. The first-order valence-corrected chi connectivity index (χ1v) is 4.37. The Labute approximate surface area is 72.9 Å². The normalized spacial score (nSPS) is 13.8. The Kier molecular flexibility index (Phi) is 2.87. The predicted octanol–water partition coefficient (Wildman–Crippen LogP) is 2.21. The van der Waals surface area contributed by atoms with Crippen LogP contribution in [0.25, 0.3) is 0 Å². The molecule has 3 nitrogen and oxygen atoms in total. The number of hydrogen-bond donors (Lipinski definition) is 1. The van der Waals surface area contributed by atoms with Gasteiger partial charge >= 0.3 is 0 Å². The van der Waals surface area contributed by atoms with Crippen LogP contribution in [0, 0.1) is 0 Å². The molecule has 0 aliphatic rings. The Bertz CT molecular complexity index is 242. The second kappa shape index (κ2) is 3.72. The summed E-state index contributed by atoms with van der Waals surface area (Å²) in [6.45, 7) is 6.18. The SMILES string of the molecule is CCC(N)c1cc(C(C)C)on1. The van der Waals surface area contributed by atoms with Crippen molar-refractivity contribution in [2.75, 3.05) is 0 Å². The van der Waals surface area contributed by atoms with E-state index in [0.29, 0.717) is 5.92 Å². The van der Waals surface area contributed by atoms with Crippen LogP contribution in [0.15, 0.2) is 10.6 Å². The lowest BCUT2D eigenvalue weighted by molar-refractivity contribution is 0.361. The number of rotatable bonds is 3. The number of hydrogen-bond acceptors (Lipinski definition) is 3. The fourth-order valence-corrected chi connectivity index (χ4v) is 0.960. The van der Waals surface area contributed by atoms with Gasteiger partial charge in [0.25, 0.3) is 0 Å². The zero-order valence-electron chi connectivity index (χ0n) is 7.87. The topological polar surface area (TPSA) is 52.0 Å². The summed E-state index contributed by atoms with van der Waals surface area (Å²) in [5.41, 5.74) is 6.65. The van der Waals surface area contributed by atoms with E-state index in [4.69, 9.17) is 10.3 Å². The molecule has 0 spiro atoms. The molecule has 1 aromatic heterocycles. The predicted molar refractivity (Wildman–Crippen MR) is 47.8 cm³/mol. The van der Waals surface area contributed by atoms with Crippen LogP contribution in [0.1, 0.15) is 50.6 Å². The molecule has 0 saturated carbocycles. The third-order valence-corrected chi connectivity index (χ3v) is 1.94. The van der Waals surface area contributed by atoms with Crippen molar-refractivity contribution in [2.45, 2.75) is 39.2 Å². The van der Waals surface area contributed by atoms with Gasteiger partial charge in [0, 0.05) is 12.0 Å². The molecule has 1 aromatic rings. The van der Waals surface area contributed by atoms with E-state index < -0.39 is 0 Å². The Morgan fingerprint density at radius 3 is 2.67 bits per heavy atom. The molecule has 0 aliphatic carbocycles. The van der Waals surface area contributed by atoms with Gasteiger partial charge < -0.3 is 10.3 Å². The van der Waals surface area contributed by atoms with Gasteiger partial charge in [0.05, 0.1) is 6.04 Å². The second-order valence-electron chi connectivity index (χ2n) is 3.32. The average molecular weight is 168 g/mol. The third-order valence-electron chi connectivity index (χ3n) is 1.94. The van der Waals surface area contributed by atoms with Gasteiger partial charge in [-0.3, -0.25) is 0 Å². The van der Waals surface area contributed by atoms with Gasteiger partial charge in [0.1, 0.15) is 11.5 Å². The highest BCUT2D eigenvalue weighted by Gasteiger charge is 2.11. The monoisotopic (exact) mass is 168 g/mol. The summed E-state index contributed by atoms with van der Waals surface area (Å²) in [5, 5.41) is 3.91. The molecular weight excluding hydrogens is 152 g/mol. The van der Waals surface area contributed by atoms with Crippen LogP contribution >= 0.6 is 0 Å². The van der Waals surface area contributed by atoms with Crippen LogP contribution in [0.2, 0.25) is 0 Å². The Morgan fingerprint density at radius 2 is 2.25 bits per heavy atom. The Balaban J connectivity index is 2.77. The molecule has 0 radical (unpaired) electrons. The van der Waals surface area contributed by atoms with Gasteiger partial charge in [0.2, 0.25) is 0 Å². The zero-order chi connectivity index (χ0) is 9.14. The van der Waals surface area contributed by atoms with Crippen molar-refractivity contribution in [3.05, 3.63) is 17.5 Å². The second-order valence-corrected chi connectivity index (χ2v) is 3.32. The lowest BCUT2D eigenvalue weighted by Crippen LogP contribution is -2.08. The van der Waals surface area contributed by atoms with Gasteiger partial charge in [-0.25, -0.2) is 0 Å². The molecule has 1 atom stereocenters. The van der Waals surface area contributed by atoms with Crippen LogP contribution in [-0.2, 0) is 0 Å². The highest BCUT2D eigenvalue weighted by Crippen LogP contribution is 2.19. The molecule has 1 heterocycles. The fraction of sp³-hybridized carbons (Fsp3) is 0.667. The smallest absolute Gasteiger partial charge is 0.139 e. The molecule has 0 saturated heterocycles. The summed E-state index contributed by atoms with van der Waals surface area (Å²) in [6.07, 6.45) is 0.893. The Hall–Kier alpha value is -0.830. The van der Waals surface area contributed by atoms with E-state index in [0.717, 1.165) is 17.9 Å². The van der Waals surface area contributed by atoms with Crippen molar-refractivity contribution in [2.24, 2.45) is 5.73 Å². The van der Waals surface area contributed by atoms with Gasteiger partial charge in [-0.05, 0) is 6.42 Å². The standard InChI is InChI=1S/C9H16N2O/c1-4-7(10)8-5-9(6(2)3)12-11-8/h5-7H,4,10H2,1-3H3. The molecule has 0 bridgehead atoms. The minimum Gasteiger partial charge on any atom is -0.361 e. The molecule has 0 amide bonds. The van der Waals surface area contributed by atoms with Crippen molar-refractivity contribution in [3.8, 4) is 0 Å². The maximum Gasteiger partial charge on any atom is 0.139 e. The summed E-state index contributed by atoms with van der Waals surface area (Å²) < 4.78 is 5.12. The minimum atomic E-state index is 0.0150. The molecule has 68 valence electrons. The summed E-state index contributed by atoms with van der Waals surface area (Å²) in [5.74, 6) is 1.30. The van der Waals surface area contributed by atoms with Crippen LogP contribution in [0.4, 0.5) is 0 Å². The quantitative estimate of drug-likeness (QED) is 0.752. The maximum absolute atomic E-state index is 5.79. The Morgan fingerprint density at radius 1 is 1.58 bits per heavy atom. The summed E-state index contributed by atoms with van der Waals surface area (Å²) in [6, 6.07) is 1.96. The molecule has 12 heavy (non-hydrogen) atoms. The molecular formula is C9H16N2O. The van der Waals surface area contributed by atoms with E-state index in [1.807, 2.05) is 13.0 Å². The van der Waals surface area contributed by atoms with Crippen molar-refractivity contribution >= 4 is 0 Å². The van der Waals surface area contributed by atoms with Crippen molar-refractivity contribution in [3.63, 3.8) is 0 Å². The highest BCUT2D eigenvalue weighted by molar-refractivity contribution is 5.11. The lowest BCUT2D eigenvalue weighted by Gasteiger charge is -2.00. The van der Waals surface area contributed by atoms with Gasteiger partial charge in [-0.2, -0.15) is 0 Å². The van der Waals surface area contributed by atoms with E-state index in [-0.39, 0.29) is 6.04 Å². The molecule has 1 unspecified atom stereocenters. The zero-order valence-corrected chi connectivity index (χ0v) is 7.87.